The van der Waals surface area contributed by atoms with Gasteiger partial charge in [0.1, 0.15) is 6.42 Å². The van der Waals surface area contributed by atoms with Crippen LogP contribution in [-0.2, 0) is 9.59 Å². The number of nitrogens with one attached hydrogen (secondary N) is 2. The maximum atomic E-state index is 11.7. The van der Waals surface area contributed by atoms with E-state index in [9.17, 15) is 9.59 Å². The predicted molar refractivity (Wildman–Crippen MR) is 83.5 cm³/mol. The van der Waals surface area contributed by atoms with Gasteiger partial charge < -0.3 is 5.32 Å². The van der Waals surface area contributed by atoms with Crippen molar-refractivity contribution in [3.8, 4) is 0 Å². The van der Waals surface area contributed by atoms with Crippen molar-refractivity contribution in [2.75, 3.05) is 5.32 Å². The molecule has 0 atom stereocenters. The van der Waals surface area contributed by atoms with Crippen LogP contribution >= 0.6 is 15.9 Å². The molecule has 0 radical (unpaired) electrons. The smallest absolute Gasteiger partial charge is 0.249 e. The molecule has 2 N–H and O–H groups in total. The van der Waals surface area contributed by atoms with Gasteiger partial charge in [-0.25, -0.2) is 5.43 Å². The Morgan fingerprint density at radius 3 is 2.50 bits per heavy atom. The third kappa shape index (κ3) is 5.52. The van der Waals surface area contributed by atoms with Crippen molar-refractivity contribution in [3.05, 3.63) is 28.7 Å². The number of carbonyl (C=O) groups is 2. The Hall–Kier alpha value is -1.69. The van der Waals surface area contributed by atoms with Crippen molar-refractivity contribution in [2.24, 2.45) is 11.0 Å². The molecule has 0 spiro atoms. The average Bonchev–Trinajstić information content (AvgIpc) is 2.38. The van der Waals surface area contributed by atoms with E-state index < -0.39 is 5.91 Å². The van der Waals surface area contributed by atoms with Gasteiger partial charge in [0.25, 0.3) is 0 Å². The lowest BCUT2D eigenvalue weighted by Crippen LogP contribution is -2.26. The zero-order valence-electron chi connectivity index (χ0n) is 11.7. The van der Waals surface area contributed by atoms with Crippen LogP contribution in [0.5, 0.6) is 0 Å². The van der Waals surface area contributed by atoms with Gasteiger partial charge >= 0.3 is 0 Å². The minimum Gasteiger partial charge on any atom is -0.325 e. The van der Waals surface area contributed by atoms with Gasteiger partial charge in [-0.2, -0.15) is 5.10 Å². The summed E-state index contributed by atoms with van der Waals surface area (Å²) < 4.78 is 0.766. The molecule has 6 heteroatoms. The molecule has 0 aliphatic carbocycles. The monoisotopic (exact) mass is 339 g/mol. The second-order valence-electron chi connectivity index (χ2n) is 4.65. The third-order valence-corrected chi connectivity index (χ3v) is 3.35. The maximum absolute atomic E-state index is 11.7. The number of benzene rings is 1. The number of rotatable bonds is 5. The molecule has 0 aliphatic heterocycles. The SMILES string of the molecule is CC(=NNC(=O)CC(=O)Nc1ccccc1Br)C(C)C. The van der Waals surface area contributed by atoms with Crippen molar-refractivity contribution in [1.82, 2.24) is 5.43 Å². The number of para-hydroxylation sites is 1. The van der Waals surface area contributed by atoms with Crippen molar-refractivity contribution in [3.63, 3.8) is 0 Å². The topological polar surface area (TPSA) is 70.6 Å². The van der Waals surface area contributed by atoms with Crippen LogP contribution in [0.4, 0.5) is 5.69 Å². The van der Waals surface area contributed by atoms with Crippen LogP contribution in [-0.4, -0.2) is 17.5 Å². The number of hydrazone groups is 1. The molecule has 0 unspecified atom stereocenters. The molecule has 1 aromatic carbocycles. The van der Waals surface area contributed by atoms with E-state index in [1.54, 1.807) is 12.1 Å². The lowest BCUT2D eigenvalue weighted by Gasteiger charge is -2.07. The highest BCUT2D eigenvalue weighted by Gasteiger charge is 2.10. The molecule has 1 rings (SSSR count). The van der Waals surface area contributed by atoms with Crippen molar-refractivity contribution in [2.45, 2.75) is 27.2 Å². The van der Waals surface area contributed by atoms with Crippen LogP contribution in [0.2, 0.25) is 0 Å². The van der Waals surface area contributed by atoms with E-state index in [0.29, 0.717) is 5.69 Å². The molecule has 5 nitrogen and oxygen atoms in total. The number of hydrogen-bond donors (Lipinski definition) is 2. The summed E-state index contributed by atoms with van der Waals surface area (Å²) in [5.41, 5.74) is 3.81. The first kappa shape index (κ1) is 16.4. The van der Waals surface area contributed by atoms with Crippen molar-refractivity contribution >= 4 is 39.1 Å². The number of hydrogen-bond acceptors (Lipinski definition) is 3. The fourth-order valence-electron chi connectivity index (χ4n) is 1.22. The molecule has 0 fully saturated rings. The fourth-order valence-corrected chi connectivity index (χ4v) is 1.61. The minimum atomic E-state index is -0.436. The number of anilines is 1. The summed E-state index contributed by atoms with van der Waals surface area (Å²) in [6.07, 6.45) is -0.268. The lowest BCUT2D eigenvalue weighted by molar-refractivity contribution is -0.126. The zero-order chi connectivity index (χ0) is 15.1. The van der Waals surface area contributed by atoms with Crippen LogP contribution in [0.25, 0.3) is 0 Å². The second kappa shape index (κ2) is 7.79. The van der Waals surface area contributed by atoms with Crippen LogP contribution in [0.15, 0.2) is 33.8 Å². The first-order valence-electron chi connectivity index (χ1n) is 6.27. The Morgan fingerprint density at radius 1 is 1.25 bits per heavy atom. The van der Waals surface area contributed by atoms with E-state index in [4.69, 9.17) is 0 Å². The Balaban J connectivity index is 2.49. The van der Waals surface area contributed by atoms with E-state index in [0.717, 1.165) is 10.2 Å². The predicted octanol–water partition coefficient (Wildman–Crippen LogP) is 2.93. The molecule has 108 valence electrons. The van der Waals surface area contributed by atoms with E-state index in [1.807, 2.05) is 32.9 Å². The normalized spacial score (nSPS) is 11.3. The first-order chi connectivity index (χ1) is 9.40. The Kier molecular flexibility index (Phi) is 6.38. The molecule has 0 aliphatic rings. The van der Waals surface area contributed by atoms with Gasteiger partial charge in [-0.15, -0.1) is 0 Å². The highest BCUT2D eigenvalue weighted by molar-refractivity contribution is 9.10. The average molecular weight is 340 g/mol. The van der Waals surface area contributed by atoms with E-state index in [2.05, 4.69) is 31.8 Å². The molecular formula is C14H18BrN3O2. The van der Waals surface area contributed by atoms with Gasteiger partial charge in [-0.3, -0.25) is 9.59 Å². The fraction of sp³-hybridized carbons (Fsp3) is 0.357. The van der Waals surface area contributed by atoms with Gasteiger partial charge in [0.15, 0.2) is 0 Å². The molecule has 2 amide bonds. The van der Waals surface area contributed by atoms with Crippen molar-refractivity contribution in [1.29, 1.82) is 0 Å². The quantitative estimate of drug-likeness (QED) is 0.492. The van der Waals surface area contributed by atoms with Gasteiger partial charge in [0.2, 0.25) is 11.8 Å². The molecule has 20 heavy (non-hydrogen) atoms. The molecule has 0 aromatic heterocycles. The number of carbonyl (C=O) groups excluding carboxylic acids is 2. The largest absolute Gasteiger partial charge is 0.325 e. The molecule has 0 bridgehead atoms. The molecule has 0 saturated heterocycles. The zero-order valence-corrected chi connectivity index (χ0v) is 13.3. The van der Waals surface area contributed by atoms with Crippen LogP contribution in [0.3, 0.4) is 0 Å². The standard InChI is InChI=1S/C14H18BrN3O2/c1-9(2)10(3)17-18-14(20)8-13(19)16-12-7-5-4-6-11(12)15/h4-7,9H,8H2,1-3H3,(H,16,19)(H,18,20). The third-order valence-electron chi connectivity index (χ3n) is 2.66. The molecular weight excluding hydrogens is 322 g/mol. The van der Waals surface area contributed by atoms with E-state index in [1.165, 1.54) is 0 Å². The van der Waals surface area contributed by atoms with Gasteiger partial charge in [0.05, 0.1) is 5.69 Å². The minimum absolute atomic E-state index is 0.254. The number of halogens is 1. The summed E-state index contributed by atoms with van der Waals surface area (Å²) in [6, 6.07) is 7.21. The lowest BCUT2D eigenvalue weighted by atomic mass is 10.1. The summed E-state index contributed by atoms with van der Waals surface area (Å²) in [7, 11) is 0. The summed E-state index contributed by atoms with van der Waals surface area (Å²) in [5.74, 6) is -0.564. The van der Waals surface area contributed by atoms with Gasteiger partial charge in [-0.1, -0.05) is 26.0 Å². The van der Waals surface area contributed by atoms with Crippen LogP contribution in [0.1, 0.15) is 27.2 Å². The highest BCUT2D eigenvalue weighted by Crippen LogP contribution is 2.21. The summed E-state index contributed by atoms with van der Waals surface area (Å²) in [4.78, 5) is 23.3. The Labute approximate surface area is 127 Å². The van der Waals surface area contributed by atoms with Gasteiger partial charge in [0, 0.05) is 10.2 Å². The maximum Gasteiger partial charge on any atom is 0.249 e. The summed E-state index contributed by atoms with van der Waals surface area (Å²) in [6.45, 7) is 5.78. The first-order valence-corrected chi connectivity index (χ1v) is 7.07. The Morgan fingerprint density at radius 2 is 1.90 bits per heavy atom. The number of nitrogens with zero attached hydrogens (tertiary/aromatic N) is 1. The summed E-state index contributed by atoms with van der Waals surface area (Å²) >= 11 is 3.32. The van der Waals surface area contributed by atoms with Crippen LogP contribution in [0, 0.1) is 5.92 Å². The molecule has 0 heterocycles. The van der Waals surface area contributed by atoms with E-state index >= 15 is 0 Å². The highest BCUT2D eigenvalue weighted by atomic mass is 79.9. The Bertz CT molecular complexity index is 527. The molecule has 0 saturated carbocycles. The van der Waals surface area contributed by atoms with Gasteiger partial charge in [-0.05, 0) is 40.9 Å². The van der Waals surface area contributed by atoms with E-state index in [-0.39, 0.29) is 18.2 Å². The second-order valence-corrected chi connectivity index (χ2v) is 5.50. The van der Waals surface area contributed by atoms with Crippen molar-refractivity contribution < 1.29 is 9.59 Å². The number of amides is 2. The summed E-state index contributed by atoms with van der Waals surface area (Å²) in [5, 5.41) is 6.59. The molecule has 1 aromatic rings. The van der Waals surface area contributed by atoms with Crippen LogP contribution < -0.4 is 10.7 Å².